The zero-order valence-electron chi connectivity index (χ0n) is 13.5. The third-order valence-electron chi connectivity index (χ3n) is 3.23. The third-order valence-corrected chi connectivity index (χ3v) is 4.01. The van der Waals surface area contributed by atoms with Crippen LogP contribution in [-0.2, 0) is 16.2 Å². The summed E-state index contributed by atoms with van der Waals surface area (Å²) >= 11 is 18.1. The Hall–Kier alpha value is -1.95. The first kappa shape index (κ1) is 19.4. The molecule has 8 heteroatoms. The highest BCUT2D eigenvalue weighted by atomic mass is 35.5. The van der Waals surface area contributed by atoms with Crippen LogP contribution in [0.15, 0.2) is 41.6 Å². The first-order valence-electron chi connectivity index (χ1n) is 7.16. The Morgan fingerprint density at radius 3 is 2.40 bits per heavy atom. The number of carbonyl (C=O) groups excluding carboxylic acids is 1. The fraction of sp³-hybridized carbons (Fsp3) is 0.176. The average Bonchev–Trinajstić information content (AvgIpc) is 2.58. The van der Waals surface area contributed by atoms with Crippen LogP contribution >= 0.6 is 34.8 Å². The first-order chi connectivity index (χ1) is 12.0. The van der Waals surface area contributed by atoms with E-state index >= 15 is 0 Å². The molecule has 0 radical (unpaired) electrons. The van der Waals surface area contributed by atoms with Crippen LogP contribution in [0.2, 0.25) is 15.1 Å². The van der Waals surface area contributed by atoms with Crippen LogP contribution in [0.5, 0.6) is 5.75 Å². The van der Waals surface area contributed by atoms with Gasteiger partial charge in [0.2, 0.25) is 0 Å². The largest absolute Gasteiger partial charge is 0.486 e. The molecule has 0 fully saturated rings. The van der Waals surface area contributed by atoms with Crippen LogP contribution in [0.4, 0.5) is 0 Å². The molecule has 1 amide bonds. The predicted octanol–water partition coefficient (Wildman–Crippen LogP) is 4.32. The van der Waals surface area contributed by atoms with Gasteiger partial charge in [-0.2, -0.15) is 0 Å². The molecule has 0 heterocycles. The van der Waals surface area contributed by atoms with Crippen molar-refractivity contribution in [3.63, 3.8) is 0 Å². The van der Waals surface area contributed by atoms with E-state index in [-0.39, 0.29) is 18.2 Å². The van der Waals surface area contributed by atoms with Crippen molar-refractivity contribution >= 4 is 46.4 Å². The number of ether oxygens (including phenoxy) is 1. The van der Waals surface area contributed by atoms with Crippen molar-refractivity contribution in [1.29, 1.82) is 0 Å². The molecule has 25 heavy (non-hydrogen) atoms. The molecule has 5 nitrogen and oxygen atoms in total. The first-order valence-corrected chi connectivity index (χ1v) is 8.30. The fourth-order valence-corrected chi connectivity index (χ4v) is 3.04. The number of nitrogens with zero attached hydrogens (tertiary/aromatic N) is 1. The van der Waals surface area contributed by atoms with E-state index in [1.165, 1.54) is 14.2 Å². The molecule has 0 aliphatic carbocycles. The molecule has 0 spiro atoms. The fourth-order valence-electron chi connectivity index (χ4n) is 2.12. The zero-order chi connectivity index (χ0) is 18.4. The average molecular weight is 402 g/mol. The van der Waals surface area contributed by atoms with Gasteiger partial charge in [0.1, 0.15) is 13.7 Å². The van der Waals surface area contributed by atoms with Crippen molar-refractivity contribution in [2.45, 2.75) is 6.61 Å². The van der Waals surface area contributed by atoms with Gasteiger partial charge in [-0.25, -0.2) is 0 Å². The lowest BCUT2D eigenvalue weighted by Crippen LogP contribution is -2.29. The topological polar surface area (TPSA) is 59.9 Å². The van der Waals surface area contributed by atoms with E-state index in [0.717, 1.165) is 0 Å². The molecule has 0 aromatic heterocycles. The van der Waals surface area contributed by atoms with Crippen molar-refractivity contribution in [2.24, 2.45) is 5.16 Å². The van der Waals surface area contributed by atoms with E-state index in [9.17, 15) is 4.79 Å². The summed E-state index contributed by atoms with van der Waals surface area (Å²) in [4.78, 5) is 16.8. The molecule has 0 atom stereocenters. The number of halogens is 3. The predicted molar refractivity (Wildman–Crippen MR) is 99.9 cm³/mol. The quantitative estimate of drug-likeness (QED) is 0.579. The third kappa shape index (κ3) is 4.78. The zero-order valence-corrected chi connectivity index (χ0v) is 15.7. The summed E-state index contributed by atoms with van der Waals surface area (Å²) in [6, 6.07) is 10.2. The highest BCUT2D eigenvalue weighted by Gasteiger charge is 2.18. The molecule has 0 unspecified atom stereocenters. The Balaban J connectivity index is 2.33. The number of amides is 1. The van der Waals surface area contributed by atoms with E-state index in [0.29, 0.717) is 31.9 Å². The van der Waals surface area contributed by atoms with Crippen LogP contribution in [0.1, 0.15) is 11.1 Å². The smallest absolute Gasteiger partial charge is 0.273 e. The van der Waals surface area contributed by atoms with Crippen molar-refractivity contribution in [3.05, 3.63) is 62.6 Å². The molecule has 0 aliphatic heterocycles. The molecule has 2 rings (SSSR count). The number of oxime groups is 1. The van der Waals surface area contributed by atoms with Crippen molar-refractivity contribution in [3.8, 4) is 5.75 Å². The summed E-state index contributed by atoms with van der Waals surface area (Å²) in [7, 11) is 2.88. The van der Waals surface area contributed by atoms with E-state index in [1.807, 2.05) is 6.07 Å². The second kappa shape index (κ2) is 8.94. The summed E-state index contributed by atoms with van der Waals surface area (Å²) in [6.45, 7) is 0.122. The summed E-state index contributed by atoms with van der Waals surface area (Å²) in [5.74, 6) is -0.0652. The van der Waals surface area contributed by atoms with Gasteiger partial charge in [0.25, 0.3) is 5.91 Å². The van der Waals surface area contributed by atoms with Gasteiger partial charge in [0, 0.05) is 17.6 Å². The van der Waals surface area contributed by atoms with Gasteiger partial charge in [0.15, 0.2) is 11.5 Å². The number of rotatable bonds is 6. The molecule has 1 N–H and O–H groups in total. The van der Waals surface area contributed by atoms with E-state index in [2.05, 4.69) is 10.5 Å². The lowest BCUT2D eigenvalue weighted by atomic mass is 10.0. The van der Waals surface area contributed by atoms with Gasteiger partial charge in [0.05, 0.1) is 10.0 Å². The standard InChI is InChI=1S/C17H15Cl3N2O3/c1-21-17(23)15(22-24-2)12-6-4-3-5-10(12)9-25-16-13(19)7-11(18)8-14(16)20/h3-8H,9H2,1-2H3,(H,21,23). The minimum atomic E-state index is -0.378. The number of carbonyl (C=O) groups is 1. The normalized spacial score (nSPS) is 11.2. The highest BCUT2D eigenvalue weighted by molar-refractivity contribution is 6.45. The number of benzene rings is 2. The molecule has 0 saturated carbocycles. The Bertz CT molecular complexity index is 786. The maximum absolute atomic E-state index is 12.1. The summed E-state index contributed by atoms with van der Waals surface area (Å²) in [5.41, 5.74) is 1.42. The Kier molecular flexibility index (Phi) is 6.93. The molecule has 2 aromatic rings. The number of likely N-dealkylation sites (N-methyl/N-ethyl adjacent to an activating group) is 1. The van der Waals surface area contributed by atoms with E-state index in [1.54, 1.807) is 30.3 Å². The molecule has 0 bridgehead atoms. The molecule has 0 saturated heterocycles. The highest BCUT2D eigenvalue weighted by Crippen LogP contribution is 2.36. The minimum absolute atomic E-state index is 0.122. The van der Waals surface area contributed by atoms with Crippen LogP contribution in [0.3, 0.4) is 0 Å². The van der Waals surface area contributed by atoms with Gasteiger partial charge < -0.3 is 14.9 Å². The van der Waals surface area contributed by atoms with Gasteiger partial charge in [-0.05, 0) is 17.7 Å². The van der Waals surface area contributed by atoms with Crippen molar-refractivity contribution < 1.29 is 14.4 Å². The van der Waals surface area contributed by atoms with Gasteiger partial charge in [-0.1, -0.05) is 64.2 Å². The molecular weight excluding hydrogens is 387 g/mol. The lowest BCUT2D eigenvalue weighted by Gasteiger charge is -2.14. The second-order valence-corrected chi connectivity index (χ2v) is 6.10. The molecule has 2 aromatic carbocycles. The molecule has 132 valence electrons. The van der Waals surface area contributed by atoms with Crippen LogP contribution in [0, 0.1) is 0 Å². The summed E-state index contributed by atoms with van der Waals surface area (Å²) in [6.07, 6.45) is 0. The van der Waals surface area contributed by atoms with Gasteiger partial charge in [-0.3, -0.25) is 4.79 Å². The van der Waals surface area contributed by atoms with Crippen molar-refractivity contribution in [2.75, 3.05) is 14.2 Å². The van der Waals surface area contributed by atoms with Crippen LogP contribution in [0.25, 0.3) is 0 Å². The Morgan fingerprint density at radius 2 is 1.80 bits per heavy atom. The van der Waals surface area contributed by atoms with Gasteiger partial charge in [-0.15, -0.1) is 0 Å². The minimum Gasteiger partial charge on any atom is -0.486 e. The number of hydrogen-bond acceptors (Lipinski definition) is 4. The lowest BCUT2D eigenvalue weighted by molar-refractivity contribution is -0.114. The van der Waals surface area contributed by atoms with Crippen LogP contribution < -0.4 is 10.1 Å². The summed E-state index contributed by atoms with van der Waals surface area (Å²) in [5, 5.41) is 7.34. The number of hydrogen-bond donors (Lipinski definition) is 1. The monoisotopic (exact) mass is 400 g/mol. The van der Waals surface area contributed by atoms with E-state index in [4.69, 9.17) is 44.4 Å². The maximum atomic E-state index is 12.1. The SMILES string of the molecule is CNC(=O)C(=NOC)c1ccccc1COc1c(Cl)cc(Cl)cc1Cl. The molecule has 0 aliphatic rings. The summed E-state index contributed by atoms with van der Waals surface area (Å²) < 4.78 is 5.74. The second-order valence-electron chi connectivity index (χ2n) is 4.85. The van der Waals surface area contributed by atoms with Gasteiger partial charge >= 0.3 is 0 Å². The molecular formula is C17H15Cl3N2O3. The number of nitrogens with one attached hydrogen (secondary N) is 1. The van der Waals surface area contributed by atoms with Crippen LogP contribution in [-0.4, -0.2) is 25.8 Å². The van der Waals surface area contributed by atoms with E-state index < -0.39 is 0 Å². The Morgan fingerprint density at radius 1 is 1.16 bits per heavy atom. The maximum Gasteiger partial charge on any atom is 0.273 e. The van der Waals surface area contributed by atoms with Crippen molar-refractivity contribution in [1.82, 2.24) is 5.32 Å². The Labute approximate surface area is 160 Å².